The van der Waals surface area contributed by atoms with Gasteiger partial charge in [0.25, 0.3) is 0 Å². The van der Waals surface area contributed by atoms with Gasteiger partial charge in [0, 0.05) is 52.8 Å². The molecule has 134 valence electrons. The Kier molecular flexibility index (Phi) is 4.42. The summed E-state index contributed by atoms with van der Waals surface area (Å²) in [5.74, 6) is 6.24. The molecule has 0 bridgehead atoms. The van der Waals surface area contributed by atoms with E-state index in [0.29, 0.717) is 11.6 Å². The van der Waals surface area contributed by atoms with Crippen LogP contribution in [0, 0.1) is 0 Å². The highest BCUT2D eigenvalue weighted by Crippen LogP contribution is 2.31. The van der Waals surface area contributed by atoms with Crippen molar-refractivity contribution in [1.29, 1.82) is 0 Å². The molecule has 4 nitrogen and oxygen atoms in total. The lowest BCUT2D eigenvalue weighted by atomic mass is 9.96. The first kappa shape index (κ1) is 17.1. The molecule has 3 aromatic rings. The molecule has 4 rings (SSSR count). The summed E-state index contributed by atoms with van der Waals surface area (Å²) in [7, 11) is 0. The predicted octanol–water partition coefficient (Wildman–Crippen LogP) is 4.15. The van der Waals surface area contributed by atoms with E-state index in [4.69, 9.17) is 5.84 Å². The van der Waals surface area contributed by atoms with Crippen molar-refractivity contribution < 1.29 is 4.79 Å². The van der Waals surface area contributed by atoms with Gasteiger partial charge in [-0.25, -0.2) is 0 Å². The molecule has 1 aliphatic rings. The summed E-state index contributed by atoms with van der Waals surface area (Å²) in [5.41, 5.74) is 4.87. The van der Waals surface area contributed by atoms with Gasteiger partial charge in [-0.2, -0.15) is 11.3 Å². The van der Waals surface area contributed by atoms with E-state index in [0.717, 1.165) is 41.5 Å². The van der Waals surface area contributed by atoms with Crippen LogP contribution in [0.15, 0.2) is 47.3 Å². The number of nitrogens with two attached hydrogens (primary N) is 1. The van der Waals surface area contributed by atoms with Gasteiger partial charge < -0.3 is 5.84 Å². The highest BCUT2D eigenvalue weighted by molar-refractivity contribution is 7.08. The Bertz CT molecular complexity index is 982. The fourth-order valence-electron chi connectivity index (χ4n) is 3.61. The fourth-order valence-corrected chi connectivity index (χ4v) is 4.25. The molecule has 0 unspecified atom stereocenters. The van der Waals surface area contributed by atoms with E-state index in [-0.39, 0.29) is 5.78 Å². The molecule has 0 aliphatic carbocycles. The van der Waals surface area contributed by atoms with Crippen LogP contribution in [0.5, 0.6) is 0 Å². The molecule has 0 fully saturated rings. The average Bonchev–Trinajstić information content (AvgIpc) is 3.29. The lowest BCUT2D eigenvalue weighted by molar-refractivity contribution is 0.103. The first-order valence-electron chi connectivity index (χ1n) is 8.95. The van der Waals surface area contributed by atoms with Crippen molar-refractivity contribution in [3.05, 3.63) is 64.0 Å². The molecule has 1 aliphatic heterocycles. The molecule has 1 aromatic carbocycles. The standard InChI is InChI=1S/C21H23N3OS/c1-14(2)23-8-5-15(6-9-23)19-12-24(22)20-4-3-16(11-18(19)20)21(25)17-7-10-26-13-17/h3-5,7,10-14H,6,8-9,22H2,1-2H3. The predicted molar refractivity (Wildman–Crippen MR) is 109 cm³/mol. The monoisotopic (exact) mass is 365 g/mol. The van der Waals surface area contributed by atoms with Crippen LogP contribution in [0.25, 0.3) is 16.5 Å². The minimum absolute atomic E-state index is 0.0625. The van der Waals surface area contributed by atoms with Crippen LogP contribution in [0.4, 0.5) is 0 Å². The normalized spacial score (nSPS) is 15.6. The second-order valence-electron chi connectivity index (χ2n) is 7.09. The van der Waals surface area contributed by atoms with Crippen molar-refractivity contribution in [3.8, 4) is 0 Å². The van der Waals surface area contributed by atoms with Crippen molar-refractivity contribution in [2.75, 3.05) is 18.9 Å². The Balaban J connectivity index is 1.74. The number of fused-ring (bicyclic) bond motifs is 1. The Labute approximate surface area is 157 Å². The van der Waals surface area contributed by atoms with Gasteiger partial charge in [-0.3, -0.25) is 14.4 Å². The molecular weight excluding hydrogens is 342 g/mol. The molecule has 0 atom stereocenters. The summed E-state index contributed by atoms with van der Waals surface area (Å²) in [4.78, 5) is 15.2. The first-order chi connectivity index (χ1) is 12.5. The number of carbonyl (C=O) groups is 1. The van der Waals surface area contributed by atoms with Crippen LogP contribution in [-0.4, -0.2) is 34.5 Å². The second-order valence-corrected chi connectivity index (χ2v) is 7.87. The summed E-state index contributed by atoms with van der Waals surface area (Å²) >= 11 is 1.54. The molecule has 2 aromatic heterocycles. The van der Waals surface area contributed by atoms with E-state index in [1.165, 1.54) is 16.9 Å². The molecule has 26 heavy (non-hydrogen) atoms. The van der Waals surface area contributed by atoms with Crippen LogP contribution in [0.1, 0.15) is 41.8 Å². The topological polar surface area (TPSA) is 51.3 Å². The third-order valence-corrected chi connectivity index (χ3v) is 5.88. The lowest BCUT2D eigenvalue weighted by Gasteiger charge is -2.29. The van der Waals surface area contributed by atoms with E-state index in [1.54, 1.807) is 4.68 Å². The van der Waals surface area contributed by atoms with Gasteiger partial charge in [0.15, 0.2) is 5.78 Å². The minimum atomic E-state index is 0.0625. The van der Waals surface area contributed by atoms with E-state index < -0.39 is 0 Å². The van der Waals surface area contributed by atoms with E-state index >= 15 is 0 Å². The van der Waals surface area contributed by atoms with Gasteiger partial charge in [0.1, 0.15) is 0 Å². The number of benzene rings is 1. The summed E-state index contributed by atoms with van der Waals surface area (Å²) < 4.78 is 1.67. The molecule has 0 radical (unpaired) electrons. The maximum Gasteiger partial charge on any atom is 0.193 e. The zero-order chi connectivity index (χ0) is 18.3. The van der Waals surface area contributed by atoms with E-state index in [1.807, 2.05) is 41.2 Å². The van der Waals surface area contributed by atoms with E-state index in [9.17, 15) is 4.79 Å². The third-order valence-electron chi connectivity index (χ3n) is 5.20. The van der Waals surface area contributed by atoms with Gasteiger partial charge >= 0.3 is 0 Å². The van der Waals surface area contributed by atoms with Gasteiger partial charge in [-0.15, -0.1) is 0 Å². The number of hydrogen-bond acceptors (Lipinski definition) is 4. The van der Waals surface area contributed by atoms with Crippen molar-refractivity contribution in [1.82, 2.24) is 9.58 Å². The number of hydrogen-bond donors (Lipinski definition) is 1. The number of rotatable bonds is 4. The summed E-state index contributed by atoms with van der Waals surface area (Å²) in [5, 5.41) is 4.88. The minimum Gasteiger partial charge on any atom is -0.339 e. The van der Waals surface area contributed by atoms with Crippen LogP contribution >= 0.6 is 11.3 Å². The molecule has 0 saturated carbocycles. The zero-order valence-electron chi connectivity index (χ0n) is 15.1. The average molecular weight is 366 g/mol. The number of nitrogens with zero attached hydrogens (tertiary/aromatic N) is 2. The molecule has 0 amide bonds. The Morgan fingerprint density at radius 2 is 2.08 bits per heavy atom. The van der Waals surface area contributed by atoms with Crippen LogP contribution in [0.3, 0.4) is 0 Å². The summed E-state index contributed by atoms with van der Waals surface area (Å²) in [6, 6.07) is 8.23. The molecule has 2 N–H and O–H groups in total. The number of carbonyl (C=O) groups excluding carboxylic acids is 1. The molecule has 0 saturated heterocycles. The Morgan fingerprint density at radius 1 is 1.23 bits per heavy atom. The van der Waals surface area contributed by atoms with Gasteiger partial charge in [-0.1, -0.05) is 6.08 Å². The largest absolute Gasteiger partial charge is 0.339 e. The van der Waals surface area contributed by atoms with Gasteiger partial charge in [0.05, 0.1) is 5.52 Å². The smallest absolute Gasteiger partial charge is 0.193 e. The van der Waals surface area contributed by atoms with Crippen LogP contribution < -0.4 is 5.84 Å². The third kappa shape index (κ3) is 2.97. The maximum atomic E-state index is 12.7. The highest BCUT2D eigenvalue weighted by atomic mass is 32.1. The summed E-state index contributed by atoms with van der Waals surface area (Å²) in [6.07, 6.45) is 5.28. The number of aromatic nitrogens is 1. The highest BCUT2D eigenvalue weighted by Gasteiger charge is 2.19. The fraction of sp³-hybridized carbons (Fsp3) is 0.286. The molecule has 5 heteroatoms. The lowest BCUT2D eigenvalue weighted by Crippen LogP contribution is -2.34. The van der Waals surface area contributed by atoms with E-state index in [2.05, 4.69) is 24.8 Å². The first-order valence-corrected chi connectivity index (χ1v) is 9.89. The molecule has 0 spiro atoms. The van der Waals surface area contributed by atoms with Gasteiger partial charge in [-0.05, 0) is 55.5 Å². The van der Waals surface area contributed by atoms with Crippen molar-refractivity contribution in [2.45, 2.75) is 26.3 Å². The molecular formula is C21H23N3OS. The number of thiophene rings is 1. The Morgan fingerprint density at radius 3 is 2.73 bits per heavy atom. The number of nitrogen functional groups attached to an aromatic ring is 1. The Hall–Kier alpha value is -2.37. The van der Waals surface area contributed by atoms with Crippen molar-refractivity contribution >= 4 is 33.6 Å². The van der Waals surface area contributed by atoms with Crippen molar-refractivity contribution in [3.63, 3.8) is 0 Å². The molecule has 3 heterocycles. The van der Waals surface area contributed by atoms with Gasteiger partial charge in [0.2, 0.25) is 0 Å². The zero-order valence-corrected chi connectivity index (χ0v) is 15.9. The second kappa shape index (κ2) is 6.74. The quantitative estimate of drug-likeness (QED) is 0.558. The van der Waals surface area contributed by atoms with Crippen LogP contribution in [-0.2, 0) is 0 Å². The summed E-state index contributed by atoms with van der Waals surface area (Å²) in [6.45, 7) is 6.46. The SMILES string of the molecule is CC(C)N1CC=C(c2cn(N)c3ccc(C(=O)c4ccsc4)cc23)CC1. The number of ketones is 1. The maximum absolute atomic E-state index is 12.7. The van der Waals surface area contributed by atoms with Crippen LogP contribution in [0.2, 0.25) is 0 Å². The van der Waals surface area contributed by atoms with Crippen molar-refractivity contribution in [2.24, 2.45) is 0 Å².